The van der Waals surface area contributed by atoms with Crippen molar-refractivity contribution in [1.29, 1.82) is 0 Å². The Morgan fingerprint density at radius 2 is 1.44 bits per heavy atom. The van der Waals surface area contributed by atoms with Crippen LogP contribution in [0.15, 0.2) is 67.0 Å². The Kier molecular flexibility index (Phi) is 11.5. The lowest BCUT2D eigenvalue weighted by atomic mass is 10.1. The number of nitrogens with zero attached hydrogens (tertiary/aromatic N) is 3. The minimum Gasteiger partial charge on any atom is -0.460 e. The fourth-order valence-corrected chi connectivity index (χ4v) is 6.02. The van der Waals surface area contributed by atoms with E-state index >= 15 is 0 Å². The van der Waals surface area contributed by atoms with E-state index in [-0.39, 0.29) is 19.0 Å². The molecule has 17 heteroatoms. The van der Waals surface area contributed by atoms with Gasteiger partial charge in [-0.05, 0) is 25.0 Å². The summed E-state index contributed by atoms with van der Waals surface area (Å²) in [7, 11) is -4.30. The van der Waals surface area contributed by atoms with E-state index in [4.69, 9.17) is 24.5 Å². The maximum Gasteiger partial charge on any atom is 0.342 e. The summed E-state index contributed by atoms with van der Waals surface area (Å²) in [6, 6.07) is 15.5. The number of nitrogens with two attached hydrogens (primary N) is 1. The summed E-state index contributed by atoms with van der Waals surface area (Å²) in [5, 5.41) is 30.1. The fraction of sp³-hybridized carbons (Fsp3) is 0.393. The highest BCUT2D eigenvalue weighted by atomic mass is 31.2. The van der Waals surface area contributed by atoms with E-state index < -0.39 is 68.7 Å². The van der Waals surface area contributed by atoms with Crippen LogP contribution in [0, 0.1) is 0 Å². The molecule has 16 nitrogen and oxygen atoms in total. The minimum absolute atomic E-state index is 0.0341. The van der Waals surface area contributed by atoms with Crippen LogP contribution in [0.4, 0.5) is 0 Å². The van der Waals surface area contributed by atoms with Crippen LogP contribution in [-0.2, 0) is 46.1 Å². The predicted molar refractivity (Wildman–Crippen MR) is 156 cm³/mol. The first-order valence-electron chi connectivity index (χ1n) is 13.9. The molecule has 0 bridgehead atoms. The smallest absolute Gasteiger partial charge is 0.342 e. The average molecular weight is 647 g/mol. The largest absolute Gasteiger partial charge is 0.460 e. The summed E-state index contributed by atoms with van der Waals surface area (Å²) in [4.78, 5) is 40.6. The van der Waals surface area contributed by atoms with Crippen LogP contribution in [0.3, 0.4) is 0 Å². The third-order valence-electron chi connectivity index (χ3n) is 6.63. The second-order valence-corrected chi connectivity index (χ2v) is 12.1. The van der Waals surface area contributed by atoms with Gasteiger partial charge < -0.3 is 34.7 Å². The van der Waals surface area contributed by atoms with E-state index in [0.717, 1.165) is 22.1 Å². The summed E-state index contributed by atoms with van der Waals surface area (Å²) in [5.41, 5.74) is 6.64. The first-order chi connectivity index (χ1) is 21.5. The van der Waals surface area contributed by atoms with Crippen LogP contribution in [0.1, 0.15) is 41.8 Å². The molecule has 1 aliphatic rings. The van der Waals surface area contributed by atoms with Gasteiger partial charge in [0.25, 0.3) is 5.91 Å². The number of aliphatic hydroxyl groups excluding tert-OH is 2. The van der Waals surface area contributed by atoms with Crippen molar-refractivity contribution in [2.75, 3.05) is 6.61 Å². The highest BCUT2D eigenvalue weighted by Gasteiger charge is 2.46. The molecule has 1 aromatic heterocycles. The molecule has 0 unspecified atom stereocenters. The molecule has 1 amide bonds. The topological polar surface area (TPSA) is 226 Å². The van der Waals surface area contributed by atoms with Gasteiger partial charge in [-0.25, -0.2) is 19.8 Å². The van der Waals surface area contributed by atoms with Crippen molar-refractivity contribution < 1.29 is 47.9 Å². The Morgan fingerprint density at radius 1 is 0.933 bits per heavy atom. The first kappa shape index (κ1) is 33.9. The number of rotatable bonds is 15. The van der Waals surface area contributed by atoms with Crippen molar-refractivity contribution in [3.05, 3.63) is 83.9 Å². The molecule has 242 valence electrons. The molecule has 4 rings (SSSR count). The minimum atomic E-state index is -4.30. The molecule has 0 spiro atoms. The zero-order valence-electron chi connectivity index (χ0n) is 24.5. The van der Waals surface area contributed by atoms with Crippen molar-refractivity contribution in [2.24, 2.45) is 5.73 Å². The molecule has 1 aliphatic heterocycles. The van der Waals surface area contributed by atoms with Crippen LogP contribution in [0.2, 0.25) is 0 Å². The van der Waals surface area contributed by atoms with Crippen molar-refractivity contribution in [3.8, 4) is 0 Å². The van der Waals surface area contributed by atoms with Gasteiger partial charge in [0.15, 0.2) is 6.23 Å². The summed E-state index contributed by atoms with van der Waals surface area (Å²) in [6.07, 6.45) is -4.55. The van der Waals surface area contributed by atoms with Crippen LogP contribution in [0.25, 0.3) is 0 Å². The second-order valence-electron chi connectivity index (χ2n) is 10.2. The normalized spacial score (nSPS) is 21.2. The number of aromatic nitrogens is 3. The molecule has 6 N–H and O–H groups in total. The lowest BCUT2D eigenvalue weighted by molar-refractivity contribution is -0.147. The zero-order chi connectivity index (χ0) is 32.6. The number of ether oxygens (including phenoxy) is 3. The monoisotopic (exact) mass is 646 g/mol. The molecule has 3 aromatic rings. The third kappa shape index (κ3) is 9.25. The number of carbonyl (C=O) groups is 3. The maximum absolute atomic E-state index is 14.0. The number of amides is 1. The van der Waals surface area contributed by atoms with Crippen LogP contribution < -0.4 is 15.9 Å². The zero-order valence-corrected chi connectivity index (χ0v) is 25.4. The Labute approximate surface area is 258 Å². The molecule has 2 aromatic carbocycles. The van der Waals surface area contributed by atoms with Crippen LogP contribution in [0.5, 0.6) is 0 Å². The summed E-state index contributed by atoms with van der Waals surface area (Å²) >= 11 is 0. The van der Waals surface area contributed by atoms with E-state index in [1.165, 1.54) is 13.8 Å². The van der Waals surface area contributed by atoms with Gasteiger partial charge in [-0.1, -0.05) is 60.7 Å². The summed E-state index contributed by atoms with van der Waals surface area (Å²) in [5.74, 6) is -2.76. The van der Waals surface area contributed by atoms with Gasteiger partial charge in [-0.15, -0.1) is 5.10 Å². The quantitative estimate of drug-likeness (QED) is 0.112. The number of esters is 2. The first-order valence-corrected chi connectivity index (χ1v) is 15.5. The molecule has 1 saturated heterocycles. The lowest BCUT2D eigenvalue weighted by Crippen LogP contribution is -2.43. The molecule has 45 heavy (non-hydrogen) atoms. The average Bonchev–Trinajstić information content (AvgIpc) is 3.63. The van der Waals surface area contributed by atoms with E-state index in [1.807, 2.05) is 12.1 Å². The molecule has 0 aliphatic carbocycles. The Morgan fingerprint density at radius 3 is 1.91 bits per heavy atom. The highest BCUT2D eigenvalue weighted by Crippen LogP contribution is 2.41. The molecule has 0 saturated carbocycles. The molecule has 2 heterocycles. The van der Waals surface area contributed by atoms with Gasteiger partial charge in [0, 0.05) is 0 Å². The highest BCUT2D eigenvalue weighted by molar-refractivity contribution is 7.54. The molecule has 0 radical (unpaired) electrons. The summed E-state index contributed by atoms with van der Waals surface area (Å²) in [6.45, 7) is 2.14. The fourth-order valence-electron chi connectivity index (χ4n) is 4.21. The maximum atomic E-state index is 14.0. The van der Waals surface area contributed by atoms with E-state index in [2.05, 4.69) is 20.3 Å². The Balaban J connectivity index is 1.43. The summed E-state index contributed by atoms with van der Waals surface area (Å²) < 4.78 is 37.0. The molecular formula is C28H35N6O10P. The number of hydrogen-bond acceptors (Lipinski definition) is 12. The number of primary amides is 1. The van der Waals surface area contributed by atoms with E-state index in [9.17, 15) is 29.2 Å². The molecule has 6 atom stereocenters. The van der Waals surface area contributed by atoms with Crippen molar-refractivity contribution in [3.63, 3.8) is 0 Å². The van der Waals surface area contributed by atoms with Crippen LogP contribution >= 0.6 is 7.67 Å². The Hall–Kier alpha value is -4.02. The van der Waals surface area contributed by atoms with Gasteiger partial charge in [-0.3, -0.25) is 18.9 Å². The van der Waals surface area contributed by atoms with E-state index in [1.54, 1.807) is 48.5 Å². The molecular weight excluding hydrogens is 611 g/mol. The SMILES string of the molecule is C[C@H](NP(=O)(N[C@@H](C)C(=O)OCc1ccccc1)OC[C@H]1O[C@@H](n2cnc(C(N)=O)n2)[C@H](O)[C@@H]1O)C(=O)OCc1ccccc1. The van der Waals surface area contributed by atoms with E-state index in [0.29, 0.717) is 0 Å². The third-order valence-corrected chi connectivity index (χ3v) is 8.60. The van der Waals surface area contributed by atoms with Gasteiger partial charge in [-0.2, -0.15) is 0 Å². The number of benzene rings is 2. The van der Waals surface area contributed by atoms with Crippen molar-refractivity contribution in [1.82, 2.24) is 24.9 Å². The van der Waals surface area contributed by atoms with Gasteiger partial charge in [0.2, 0.25) is 5.82 Å². The number of hydrogen-bond donors (Lipinski definition) is 5. The van der Waals surface area contributed by atoms with Gasteiger partial charge in [0.05, 0.1) is 6.61 Å². The number of nitrogens with one attached hydrogen (secondary N) is 2. The van der Waals surface area contributed by atoms with Gasteiger partial charge in [0.1, 0.15) is 49.9 Å². The molecule has 1 fully saturated rings. The standard InChI is InChI=1S/C28H35N6O10P/c1-17(27(38)41-13-19-9-5-3-6-10-19)32-45(40,33-18(2)28(39)42-14-20-11-7-4-8-12-20)43-15-21-22(35)23(36)26(44-21)34-16-30-25(31-34)24(29)37/h3-12,16-18,21-23,26,35-36H,13-15H2,1-2H3,(H2,29,37)(H2,32,33,40)/t17-,18-,21+,22+,23+,26+/m0/s1. The number of carbonyl (C=O) groups excluding carboxylic acids is 3. The predicted octanol–water partition coefficient (Wildman–Crippen LogP) is 0.564. The van der Waals surface area contributed by atoms with Crippen LogP contribution in [-0.4, -0.2) is 79.8 Å². The van der Waals surface area contributed by atoms with Crippen molar-refractivity contribution in [2.45, 2.75) is 63.7 Å². The Bertz CT molecular complexity index is 1430. The van der Waals surface area contributed by atoms with Crippen molar-refractivity contribution >= 4 is 25.5 Å². The second kappa shape index (κ2) is 15.3. The lowest BCUT2D eigenvalue weighted by Gasteiger charge is -2.27. The number of aliphatic hydroxyl groups is 2. The van der Waals surface area contributed by atoms with Gasteiger partial charge >= 0.3 is 19.6 Å².